The van der Waals surface area contributed by atoms with Gasteiger partial charge < -0.3 is 10.1 Å². The quantitative estimate of drug-likeness (QED) is 0.744. The van der Waals surface area contributed by atoms with Gasteiger partial charge in [0.15, 0.2) is 9.84 Å². The summed E-state index contributed by atoms with van der Waals surface area (Å²) in [6.07, 6.45) is 2.27. The van der Waals surface area contributed by atoms with E-state index in [0.717, 1.165) is 19.3 Å². The van der Waals surface area contributed by atoms with Gasteiger partial charge in [0, 0.05) is 0 Å². The second-order valence-corrected chi connectivity index (χ2v) is 9.04. The summed E-state index contributed by atoms with van der Waals surface area (Å²) in [6.45, 7) is 9.03. The summed E-state index contributed by atoms with van der Waals surface area (Å²) in [7, 11) is -3.67. The van der Waals surface area contributed by atoms with Gasteiger partial charge in [0.05, 0.1) is 4.90 Å². The number of carbonyl (C=O) groups excluding carboxylic acids is 1. The molecule has 1 aromatic carbocycles. The third kappa shape index (κ3) is 6.15. The van der Waals surface area contributed by atoms with Crippen LogP contribution in [0.25, 0.3) is 0 Å². The number of carbonyl (C=O) groups is 1. The molecule has 0 aliphatic heterocycles. The van der Waals surface area contributed by atoms with Gasteiger partial charge in [-0.15, -0.1) is 0 Å². The summed E-state index contributed by atoms with van der Waals surface area (Å²) in [6, 6.07) is 6.82. The zero-order chi connectivity index (χ0) is 18.4. The van der Waals surface area contributed by atoms with E-state index in [-0.39, 0.29) is 4.90 Å². The highest BCUT2D eigenvalue weighted by Crippen LogP contribution is 2.22. The molecular weight excluding hydrogens is 326 g/mol. The lowest BCUT2D eigenvalue weighted by atomic mass is 10.2. The minimum Gasteiger partial charge on any atom is -0.444 e. The van der Waals surface area contributed by atoms with Crippen LogP contribution in [0.5, 0.6) is 0 Å². The Morgan fingerprint density at radius 3 is 2.38 bits per heavy atom. The van der Waals surface area contributed by atoms with Crippen LogP contribution in [0.2, 0.25) is 0 Å². The Morgan fingerprint density at radius 1 is 1.21 bits per heavy atom. The van der Waals surface area contributed by atoms with E-state index in [2.05, 4.69) is 5.32 Å². The molecule has 0 aromatic heterocycles. The number of benzene rings is 1. The molecule has 0 fully saturated rings. The van der Waals surface area contributed by atoms with Crippen molar-refractivity contribution < 1.29 is 17.9 Å². The van der Waals surface area contributed by atoms with Crippen LogP contribution in [0.3, 0.4) is 0 Å². The normalized spacial score (nSPS) is 13.4. The number of nitrogens with one attached hydrogen (secondary N) is 1. The van der Waals surface area contributed by atoms with E-state index in [0.29, 0.717) is 12.0 Å². The van der Waals surface area contributed by atoms with Crippen molar-refractivity contribution >= 4 is 15.9 Å². The van der Waals surface area contributed by atoms with Crippen LogP contribution < -0.4 is 5.32 Å². The standard InChI is InChI=1S/C18H29NO4S/c1-6-7-8-13-16(19-17(20)23-18(3,4)5)24(21,22)15-12-10-9-11-14(15)2/h9-12,16H,6-8,13H2,1-5H3,(H,19,20). The lowest BCUT2D eigenvalue weighted by molar-refractivity contribution is 0.0518. The maximum atomic E-state index is 13.0. The Balaban J connectivity index is 3.04. The summed E-state index contributed by atoms with van der Waals surface area (Å²) < 4.78 is 31.2. The molecule has 5 nitrogen and oxygen atoms in total. The Kier molecular flexibility index (Phi) is 7.27. The molecule has 0 radical (unpaired) electrons. The van der Waals surface area contributed by atoms with Crippen LogP contribution >= 0.6 is 0 Å². The summed E-state index contributed by atoms with van der Waals surface area (Å²) in [4.78, 5) is 12.3. The molecule has 6 heteroatoms. The fourth-order valence-corrected chi connectivity index (χ4v) is 4.17. The molecule has 1 rings (SSSR count). The van der Waals surface area contributed by atoms with Crippen molar-refractivity contribution in [1.82, 2.24) is 5.32 Å². The number of alkyl carbamates (subject to hydrolysis) is 1. The van der Waals surface area contributed by atoms with Crippen LogP contribution in [0.15, 0.2) is 29.2 Å². The minimum absolute atomic E-state index is 0.252. The van der Waals surface area contributed by atoms with Crippen molar-refractivity contribution in [3.63, 3.8) is 0 Å². The van der Waals surface area contributed by atoms with E-state index in [1.807, 2.05) is 6.92 Å². The highest BCUT2D eigenvalue weighted by atomic mass is 32.2. The zero-order valence-electron chi connectivity index (χ0n) is 15.3. The van der Waals surface area contributed by atoms with Gasteiger partial charge in [-0.3, -0.25) is 0 Å². The molecule has 24 heavy (non-hydrogen) atoms. The molecular formula is C18H29NO4S. The Bertz CT molecular complexity index is 647. The Morgan fingerprint density at radius 2 is 1.83 bits per heavy atom. The Labute approximate surface area is 145 Å². The smallest absolute Gasteiger partial charge is 0.408 e. The van der Waals surface area contributed by atoms with Gasteiger partial charge >= 0.3 is 6.09 Å². The second-order valence-electron chi connectivity index (χ2n) is 6.94. The number of amides is 1. The first-order valence-electron chi connectivity index (χ1n) is 8.37. The molecule has 1 atom stereocenters. The summed E-state index contributed by atoms with van der Waals surface area (Å²) in [5.41, 5.74) is -0.00576. The molecule has 0 aliphatic rings. The highest BCUT2D eigenvalue weighted by Gasteiger charge is 2.31. The maximum absolute atomic E-state index is 13.0. The lowest BCUT2D eigenvalue weighted by Crippen LogP contribution is -2.43. The van der Waals surface area contributed by atoms with E-state index in [1.165, 1.54) is 0 Å². The molecule has 1 N–H and O–H groups in total. The van der Waals surface area contributed by atoms with Gasteiger partial charge in [0.1, 0.15) is 11.0 Å². The number of rotatable bonds is 7. The SMILES string of the molecule is CCCCCC(NC(=O)OC(C)(C)C)S(=O)(=O)c1ccccc1C. The molecule has 0 spiro atoms. The van der Waals surface area contributed by atoms with Crippen LogP contribution in [-0.4, -0.2) is 25.5 Å². The highest BCUT2D eigenvalue weighted by molar-refractivity contribution is 7.92. The topological polar surface area (TPSA) is 72.5 Å². The van der Waals surface area contributed by atoms with E-state index < -0.39 is 26.9 Å². The molecule has 1 aromatic rings. The third-order valence-corrected chi connectivity index (χ3v) is 5.70. The number of unbranched alkanes of at least 4 members (excludes halogenated alkanes) is 2. The monoisotopic (exact) mass is 355 g/mol. The first kappa shape index (κ1) is 20.5. The predicted octanol–water partition coefficient (Wildman–Crippen LogP) is 4.20. The van der Waals surface area contributed by atoms with E-state index in [1.54, 1.807) is 52.0 Å². The van der Waals surface area contributed by atoms with Gasteiger partial charge in [-0.05, 0) is 45.7 Å². The van der Waals surface area contributed by atoms with Crippen LogP contribution in [0, 0.1) is 6.92 Å². The van der Waals surface area contributed by atoms with E-state index >= 15 is 0 Å². The lowest BCUT2D eigenvalue weighted by Gasteiger charge is -2.24. The second kappa shape index (κ2) is 8.51. The molecule has 0 heterocycles. The van der Waals surface area contributed by atoms with Crippen molar-refractivity contribution in [2.24, 2.45) is 0 Å². The molecule has 0 aliphatic carbocycles. The van der Waals surface area contributed by atoms with Gasteiger partial charge in [0.25, 0.3) is 0 Å². The van der Waals surface area contributed by atoms with E-state index in [4.69, 9.17) is 4.74 Å². The number of sulfone groups is 1. The molecule has 0 saturated carbocycles. The average molecular weight is 356 g/mol. The van der Waals surface area contributed by atoms with Crippen LogP contribution in [-0.2, 0) is 14.6 Å². The van der Waals surface area contributed by atoms with Crippen LogP contribution in [0.4, 0.5) is 4.79 Å². The van der Waals surface area contributed by atoms with Gasteiger partial charge in [0.2, 0.25) is 0 Å². The maximum Gasteiger partial charge on any atom is 0.408 e. The first-order chi connectivity index (χ1) is 11.1. The molecule has 0 saturated heterocycles. The summed E-state index contributed by atoms with van der Waals surface area (Å²) in [5, 5.41) is 1.56. The molecule has 1 amide bonds. The fourth-order valence-electron chi connectivity index (χ4n) is 2.35. The zero-order valence-corrected chi connectivity index (χ0v) is 16.1. The van der Waals surface area contributed by atoms with Gasteiger partial charge in [-0.1, -0.05) is 44.4 Å². The fraction of sp³-hybridized carbons (Fsp3) is 0.611. The first-order valence-corrected chi connectivity index (χ1v) is 9.91. The third-order valence-electron chi connectivity index (χ3n) is 3.52. The molecule has 0 bridgehead atoms. The number of aryl methyl sites for hydroxylation is 1. The van der Waals surface area contributed by atoms with Crippen molar-refractivity contribution in [3.05, 3.63) is 29.8 Å². The van der Waals surface area contributed by atoms with Crippen molar-refractivity contribution in [3.8, 4) is 0 Å². The van der Waals surface area contributed by atoms with Crippen molar-refractivity contribution in [2.45, 2.75) is 76.2 Å². The summed E-state index contributed by atoms with van der Waals surface area (Å²) in [5.74, 6) is 0. The Hall–Kier alpha value is -1.56. The average Bonchev–Trinajstić information content (AvgIpc) is 2.44. The van der Waals surface area contributed by atoms with Gasteiger partial charge in [-0.2, -0.15) is 0 Å². The number of hydrogen-bond acceptors (Lipinski definition) is 4. The summed E-state index contributed by atoms with van der Waals surface area (Å²) >= 11 is 0. The van der Waals surface area contributed by atoms with E-state index in [9.17, 15) is 13.2 Å². The predicted molar refractivity (Wildman–Crippen MR) is 95.7 cm³/mol. The van der Waals surface area contributed by atoms with Crippen molar-refractivity contribution in [1.29, 1.82) is 0 Å². The minimum atomic E-state index is -3.67. The van der Waals surface area contributed by atoms with Crippen LogP contribution in [0.1, 0.15) is 58.9 Å². The molecule has 1 unspecified atom stereocenters. The van der Waals surface area contributed by atoms with Crippen molar-refractivity contribution in [2.75, 3.05) is 0 Å². The number of ether oxygens (including phenoxy) is 1. The molecule has 136 valence electrons. The number of hydrogen-bond donors (Lipinski definition) is 1. The van der Waals surface area contributed by atoms with Gasteiger partial charge in [-0.25, -0.2) is 13.2 Å². The largest absolute Gasteiger partial charge is 0.444 e.